The van der Waals surface area contributed by atoms with E-state index in [9.17, 15) is 27.9 Å². The fourth-order valence-electron chi connectivity index (χ4n) is 2.36. The second-order valence-electron chi connectivity index (χ2n) is 6.70. The van der Waals surface area contributed by atoms with Crippen molar-refractivity contribution in [1.82, 2.24) is 25.6 Å². The molecule has 0 aliphatic heterocycles. The topological polar surface area (TPSA) is 109 Å². The summed E-state index contributed by atoms with van der Waals surface area (Å²) in [5.74, 6) is -2.07. The van der Waals surface area contributed by atoms with Crippen LogP contribution in [0.2, 0.25) is 0 Å². The molecule has 1 heterocycles. The minimum absolute atomic E-state index is 0.295. The van der Waals surface area contributed by atoms with E-state index in [-0.39, 0.29) is 0 Å². The van der Waals surface area contributed by atoms with Gasteiger partial charge in [0.2, 0.25) is 5.60 Å². The van der Waals surface area contributed by atoms with Crippen molar-refractivity contribution in [2.45, 2.75) is 58.1 Å². The van der Waals surface area contributed by atoms with Gasteiger partial charge in [-0.1, -0.05) is 5.21 Å². The van der Waals surface area contributed by atoms with Gasteiger partial charge in [0.25, 0.3) is 11.8 Å². The molecule has 154 valence electrons. The van der Waals surface area contributed by atoms with Gasteiger partial charge >= 0.3 is 6.18 Å². The second kappa shape index (κ2) is 7.74. The smallest absolute Gasteiger partial charge is 0.373 e. The molecule has 0 radical (unpaired) electrons. The molecule has 1 aromatic heterocycles. The molecule has 0 spiro atoms. The summed E-state index contributed by atoms with van der Waals surface area (Å²) >= 11 is 0. The number of hydrogen-bond donors (Lipinski definition) is 3. The quantitative estimate of drug-likeness (QED) is 0.678. The van der Waals surface area contributed by atoms with Crippen LogP contribution >= 0.6 is 0 Å². The molecule has 11 heteroatoms. The Bertz CT molecular complexity index is 879. The van der Waals surface area contributed by atoms with Crippen molar-refractivity contribution in [2.75, 3.05) is 0 Å². The minimum atomic E-state index is -5.12. The Kier molecular flexibility index (Phi) is 5.97. The Morgan fingerprint density at radius 2 is 1.82 bits per heavy atom. The lowest BCUT2D eigenvalue weighted by molar-refractivity contribution is -0.245. The number of aryl methyl sites for hydroxylation is 1. The van der Waals surface area contributed by atoms with Crippen molar-refractivity contribution in [3.8, 4) is 0 Å². The average molecular weight is 401 g/mol. The number of carbonyl (C=O) groups is 2. The first-order valence-electron chi connectivity index (χ1n) is 8.62. The zero-order valence-electron chi connectivity index (χ0n) is 15.8. The van der Waals surface area contributed by atoms with Crippen LogP contribution in [-0.2, 0) is 11.3 Å². The van der Waals surface area contributed by atoms with Gasteiger partial charge in [-0.05, 0) is 45.9 Å². The zero-order valence-corrected chi connectivity index (χ0v) is 15.8. The normalized spacial score (nSPS) is 16.3. The van der Waals surface area contributed by atoms with Crippen molar-refractivity contribution in [3.05, 3.63) is 23.8 Å². The third kappa shape index (κ3) is 4.24. The van der Waals surface area contributed by atoms with Gasteiger partial charge in [-0.2, -0.15) is 13.2 Å². The molecule has 28 heavy (non-hydrogen) atoms. The van der Waals surface area contributed by atoms with Gasteiger partial charge in [0, 0.05) is 24.2 Å². The number of benzene rings is 1. The lowest BCUT2D eigenvalue weighted by Crippen LogP contribution is -2.59. The Hall–Kier alpha value is -2.69. The van der Waals surface area contributed by atoms with E-state index in [2.05, 4.69) is 20.9 Å². The van der Waals surface area contributed by atoms with E-state index in [1.165, 1.54) is 13.8 Å². The van der Waals surface area contributed by atoms with Gasteiger partial charge in [0.15, 0.2) is 0 Å². The molecule has 0 aliphatic carbocycles. The van der Waals surface area contributed by atoms with Crippen LogP contribution in [0, 0.1) is 0 Å². The van der Waals surface area contributed by atoms with Crippen LogP contribution in [0.25, 0.3) is 11.0 Å². The van der Waals surface area contributed by atoms with Crippen LogP contribution < -0.4 is 10.6 Å². The minimum Gasteiger partial charge on any atom is -0.373 e. The summed E-state index contributed by atoms with van der Waals surface area (Å²) in [5.41, 5.74) is -1.93. The zero-order chi connectivity index (χ0) is 21.3. The molecule has 0 aliphatic rings. The summed E-state index contributed by atoms with van der Waals surface area (Å²) in [5, 5.41) is 22.0. The Balaban J connectivity index is 2.04. The number of nitrogens with one attached hydrogen (secondary N) is 2. The van der Waals surface area contributed by atoms with Gasteiger partial charge < -0.3 is 15.7 Å². The van der Waals surface area contributed by atoms with Crippen molar-refractivity contribution in [3.63, 3.8) is 0 Å². The Morgan fingerprint density at radius 3 is 2.39 bits per heavy atom. The number of aromatic nitrogens is 3. The summed E-state index contributed by atoms with van der Waals surface area (Å²) in [4.78, 5) is 24.2. The monoisotopic (exact) mass is 401 g/mol. The SMILES string of the molecule is CCn1nnc2cc(C(=O)NC(C)C(C)NC(=O)C(C)(O)C(F)(F)F)ccc21. The molecule has 0 saturated carbocycles. The number of fused-ring (bicyclic) bond motifs is 1. The van der Waals surface area contributed by atoms with E-state index in [1.54, 1.807) is 22.9 Å². The first-order chi connectivity index (χ1) is 12.9. The number of carbonyl (C=O) groups excluding carboxylic acids is 2. The molecule has 3 N–H and O–H groups in total. The molecule has 2 rings (SSSR count). The highest BCUT2D eigenvalue weighted by Gasteiger charge is 2.56. The van der Waals surface area contributed by atoms with Crippen LogP contribution in [0.3, 0.4) is 0 Å². The number of aliphatic hydroxyl groups is 1. The third-order valence-electron chi connectivity index (χ3n) is 4.54. The number of amides is 2. The maximum atomic E-state index is 12.7. The number of alkyl halides is 3. The maximum Gasteiger partial charge on any atom is 0.426 e. The second-order valence-corrected chi connectivity index (χ2v) is 6.70. The van der Waals surface area contributed by atoms with Gasteiger partial charge in [0.1, 0.15) is 5.52 Å². The summed E-state index contributed by atoms with van der Waals surface area (Å²) in [6.07, 6.45) is -5.12. The van der Waals surface area contributed by atoms with E-state index < -0.39 is 35.7 Å². The van der Waals surface area contributed by atoms with Gasteiger partial charge in [-0.3, -0.25) is 9.59 Å². The Morgan fingerprint density at radius 1 is 1.21 bits per heavy atom. The fourth-order valence-corrected chi connectivity index (χ4v) is 2.36. The highest BCUT2D eigenvalue weighted by atomic mass is 19.4. The largest absolute Gasteiger partial charge is 0.426 e. The summed E-state index contributed by atoms with van der Waals surface area (Å²) < 4.78 is 39.9. The molecule has 3 unspecified atom stereocenters. The predicted molar refractivity (Wildman–Crippen MR) is 94.4 cm³/mol. The number of nitrogens with zero attached hydrogens (tertiary/aromatic N) is 3. The molecule has 2 aromatic rings. The molecule has 0 saturated heterocycles. The Labute approximate surface area is 159 Å². The molecular formula is C17H22F3N5O3. The number of hydrogen-bond acceptors (Lipinski definition) is 5. The van der Waals surface area contributed by atoms with Crippen LogP contribution in [-0.4, -0.2) is 55.8 Å². The maximum absolute atomic E-state index is 12.7. The summed E-state index contributed by atoms with van der Waals surface area (Å²) in [6, 6.07) is 3.26. The standard InChI is InChI=1S/C17H22F3N5O3/c1-5-25-13-7-6-11(8-12(13)23-24-25)14(26)21-9(2)10(3)22-15(27)16(4,28)17(18,19)20/h6-10,28H,5H2,1-4H3,(H,21,26)(H,22,27). The fraction of sp³-hybridized carbons (Fsp3) is 0.529. The van der Waals surface area contributed by atoms with E-state index >= 15 is 0 Å². The van der Waals surface area contributed by atoms with E-state index in [1.807, 2.05) is 6.92 Å². The van der Waals surface area contributed by atoms with Gasteiger partial charge in [-0.25, -0.2) is 4.68 Å². The van der Waals surface area contributed by atoms with Crippen molar-refractivity contribution < 1.29 is 27.9 Å². The third-order valence-corrected chi connectivity index (χ3v) is 4.54. The molecule has 1 aromatic carbocycles. The van der Waals surface area contributed by atoms with Gasteiger partial charge in [0.05, 0.1) is 5.52 Å². The lowest BCUT2D eigenvalue weighted by atomic mass is 10.0. The first kappa shape index (κ1) is 21.6. The van der Waals surface area contributed by atoms with Crippen molar-refractivity contribution >= 4 is 22.8 Å². The van der Waals surface area contributed by atoms with Gasteiger partial charge in [-0.15, -0.1) is 5.10 Å². The van der Waals surface area contributed by atoms with E-state index in [0.29, 0.717) is 24.5 Å². The van der Waals surface area contributed by atoms with Crippen molar-refractivity contribution in [2.24, 2.45) is 0 Å². The molecule has 3 atom stereocenters. The average Bonchev–Trinajstić information content (AvgIpc) is 3.02. The molecule has 0 bridgehead atoms. The van der Waals surface area contributed by atoms with Crippen LogP contribution in [0.5, 0.6) is 0 Å². The van der Waals surface area contributed by atoms with E-state index in [0.717, 1.165) is 5.52 Å². The predicted octanol–water partition coefficient (Wildman–Crippen LogP) is 1.39. The summed E-state index contributed by atoms with van der Waals surface area (Å²) in [6.45, 7) is 5.85. The highest BCUT2D eigenvalue weighted by molar-refractivity contribution is 5.97. The van der Waals surface area contributed by atoms with Crippen LogP contribution in [0.15, 0.2) is 18.2 Å². The number of halogens is 3. The van der Waals surface area contributed by atoms with E-state index in [4.69, 9.17) is 0 Å². The molecular weight excluding hydrogens is 379 g/mol. The lowest BCUT2D eigenvalue weighted by Gasteiger charge is -2.29. The summed E-state index contributed by atoms with van der Waals surface area (Å²) in [7, 11) is 0. The van der Waals surface area contributed by atoms with Crippen molar-refractivity contribution in [1.29, 1.82) is 0 Å². The number of rotatable bonds is 6. The van der Waals surface area contributed by atoms with Crippen LogP contribution in [0.1, 0.15) is 38.1 Å². The molecule has 0 fully saturated rings. The molecule has 2 amide bonds. The first-order valence-corrected chi connectivity index (χ1v) is 8.62. The highest BCUT2D eigenvalue weighted by Crippen LogP contribution is 2.30. The van der Waals surface area contributed by atoms with Crippen LogP contribution in [0.4, 0.5) is 13.2 Å². The molecule has 8 nitrogen and oxygen atoms in total.